The number of thioether (sulfide) groups is 1. The van der Waals surface area contributed by atoms with Crippen molar-refractivity contribution in [1.82, 2.24) is 14.9 Å². The Bertz CT molecular complexity index is 968. The molecule has 0 fully saturated rings. The van der Waals surface area contributed by atoms with Gasteiger partial charge in [-0.3, -0.25) is 4.79 Å². The van der Waals surface area contributed by atoms with Crippen molar-refractivity contribution in [1.29, 1.82) is 0 Å². The van der Waals surface area contributed by atoms with E-state index < -0.39 is 0 Å². The molecule has 0 saturated carbocycles. The van der Waals surface area contributed by atoms with Crippen molar-refractivity contribution < 1.29 is 9.53 Å². The van der Waals surface area contributed by atoms with Gasteiger partial charge in [0.2, 0.25) is 5.91 Å². The van der Waals surface area contributed by atoms with Crippen LogP contribution in [0.4, 0.5) is 0 Å². The van der Waals surface area contributed by atoms with Crippen molar-refractivity contribution in [2.45, 2.75) is 38.5 Å². The van der Waals surface area contributed by atoms with Crippen LogP contribution in [0.2, 0.25) is 0 Å². The summed E-state index contributed by atoms with van der Waals surface area (Å²) < 4.78 is 7.30. The quantitative estimate of drug-likeness (QED) is 0.577. The number of benzene rings is 2. The normalized spacial score (nSPS) is 12.3. The van der Waals surface area contributed by atoms with E-state index >= 15 is 0 Å². The van der Waals surface area contributed by atoms with Crippen LogP contribution in [-0.4, -0.2) is 34.9 Å². The maximum absolute atomic E-state index is 12.5. The van der Waals surface area contributed by atoms with E-state index in [4.69, 9.17) is 4.74 Å². The average molecular weight is 398 g/mol. The number of carbonyl (C=O) groups is 1. The number of hydrogen-bond donors (Lipinski definition) is 1. The number of nitrogens with zero attached hydrogens (tertiary/aromatic N) is 2. The molecule has 1 amide bonds. The molecule has 0 aliphatic rings. The lowest BCUT2D eigenvalue weighted by Crippen LogP contribution is -2.28. The van der Waals surface area contributed by atoms with E-state index in [0.29, 0.717) is 12.4 Å². The van der Waals surface area contributed by atoms with Crippen LogP contribution < -0.4 is 5.32 Å². The third-order valence-corrected chi connectivity index (χ3v) is 5.90. The Labute approximate surface area is 170 Å². The second kappa shape index (κ2) is 9.26. The van der Waals surface area contributed by atoms with Crippen LogP contribution >= 0.6 is 11.8 Å². The lowest BCUT2D eigenvalue weighted by atomic mass is 10.0. The van der Waals surface area contributed by atoms with Gasteiger partial charge in [0.05, 0.1) is 24.1 Å². The topological polar surface area (TPSA) is 56.1 Å². The van der Waals surface area contributed by atoms with Crippen molar-refractivity contribution in [3.63, 3.8) is 0 Å². The molecule has 0 radical (unpaired) electrons. The number of imidazole rings is 1. The molecule has 1 aromatic heterocycles. The van der Waals surface area contributed by atoms with E-state index in [2.05, 4.69) is 45.2 Å². The zero-order valence-corrected chi connectivity index (χ0v) is 17.7. The molecule has 2 aromatic carbocycles. The minimum Gasteiger partial charge on any atom is -0.383 e. The van der Waals surface area contributed by atoms with E-state index in [9.17, 15) is 4.79 Å². The first-order valence-corrected chi connectivity index (χ1v) is 10.4. The Kier molecular flexibility index (Phi) is 6.75. The average Bonchev–Trinajstić information content (AvgIpc) is 2.97. The fourth-order valence-corrected chi connectivity index (χ4v) is 4.08. The monoisotopic (exact) mass is 397 g/mol. The molecule has 0 aliphatic heterocycles. The highest BCUT2D eigenvalue weighted by Crippen LogP contribution is 2.23. The van der Waals surface area contributed by atoms with Crippen molar-refractivity contribution in [3.05, 3.63) is 59.4 Å². The molecule has 0 saturated heterocycles. The van der Waals surface area contributed by atoms with E-state index in [0.717, 1.165) is 28.7 Å². The van der Waals surface area contributed by atoms with Crippen LogP contribution in [0.1, 0.15) is 29.9 Å². The molecule has 3 aromatic rings. The number of methoxy groups -OCH3 is 1. The molecule has 0 aliphatic carbocycles. The zero-order valence-electron chi connectivity index (χ0n) is 16.9. The number of carbonyl (C=O) groups excluding carboxylic acids is 1. The smallest absolute Gasteiger partial charge is 0.230 e. The number of aromatic nitrogens is 2. The van der Waals surface area contributed by atoms with Crippen LogP contribution in [0.3, 0.4) is 0 Å². The van der Waals surface area contributed by atoms with Gasteiger partial charge in [0.1, 0.15) is 0 Å². The first kappa shape index (κ1) is 20.4. The number of aryl methyl sites for hydroxylation is 1. The van der Waals surface area contributed by atoms with Crippen molar-refractivity contribution in [2.75, 3.05) is 19.5 Å². The van der Waals surface area contributed by atoms with Crippen LogP contribution in [-0.2, 0) is 16.1 Å². The maximum Gasteiger partial charge on any atom is 0.230 e. The third kappa shape index (κ3) is 4.75. The minimum atomic E-state index is -0.0468. The Morgan fingerprint density at radius 1 is 1.21 bits per heavy atom. The molecule has 1 heterocycles. The Hall–Kier alpha value is -2.31. The van der Waals surface area contributed by atoms with Gasteiger partial charge in [-0.15, -0.1) is 0 Å². The Morgan fingerprint density at radius 2 is 1.96 bits per heavy atom. The largest absolute Gasteiger partial charge is 0.383 e. The highest BCUT2D eigenvalue weighted by atomic mass is 32.2. The number of rotatable bonds is 8. The Morgan fingerprint density at radius 3 is 2.71 bits per heavy atom. The lowest BCUT2D eigenvalue weighted by Gasteiger charge is -2.15. The zero-order chi connectivity index (χ0) is 20.1. The summed E-state index contributed by atoms with van der Waals surface area (Å²) in [5.74, 6) is 0.336. The highest BCUT2D eigenvalue weighted by Gasteiger charge is 2.15. The van der Waals surface area contributed by atoms with Crippen LogP contribution in [0, 0.1) is 13.8 Å². The molecular formula is C22H27N3O2S. The van der Waals surface area contributed by atoms with Gasteiger partial charge in [0.15, 0.2) is 5.16 Å². The van der Waals surface area contributed by atoms with Crippen molar-refractivity contribution in [2.24, 2.45) is 0 Å². The highest BCUT2D eigenvalue weighted by molar-refractivity contribution is 7.99. The summed E-state index contributed by atoms with van der Waals surface area (Å²) in [6.45, 7) is 7.41. The van der Waals surface area contributed by atoms with Crippen molar-refractivity contribution in [3.8, 4) is 0 Å². The summed E-state index contributed by atoms with van der Waals surface area (Å²) in [7, 11) is 1.69. The van der Waals surface area contributed by atoms with E-state index in [1.165, 1.54) is 22.5 Å². The SMILES string of the molecule is COCCn1c(SCC(=O)NC(C)c2ccc3ccccc3c2)nc(C)c1C. The summed E-state index contributed by atoms with van der Waals surface area (Å²) in [4.78, 5) is 17.1. The molecule has 148 valence electrons. The number of ether oxygens (including phenoxy) is 1. The molecular weight excluding hydrogens is 370 g/mol. The summed E-state index contributed by atoms with van der Waals surface area (Å²) in [6.07, 6.45) is 0. The minimum absolute atomic E-state index is 0.00209. The number of fused-ring (bicyclic) bond motifs is 1. The fourth-order valence-electron chi connectivity index (χ4n) is 3.15. The van der Waals surface area contributed by atoms with Gasteiger partial charge in [-0.1, -0.05) is 48.2 Å². The molecule has 6 heteroatoms. The van der Waals surface area contributed by atoms with Gasteiger partial charge in [-0.2, -0.15) is 0 Å². The molecule has 3 rings (SSSR count). The third-order valence-electron chi connectivity index (χ3n) is 4.93. The van der Waals surface area contributed by atoms with Gasteiger partial charge >= 0.3 is 0 Å². The van der Waals surface area contributed by atoms with Crippen LogP contribution in [0.5, 0.6) is 0 Å². The first-order valence-electron chi connectivity index (χ1n) is 9.43. The number of nitrogens with one attached hydrogen (secondary N) is 1. The number of hydrogen-bond acceptors (Lipinski definition) is 4. The maximum atomic E-state index is 12.5. The molecule has 0 bridgehead atoms. The lowest BCUT2D eigenvalue weighted by molar-refractivity contribution is -0.119. The predicted molar refractivity (Wildman–Crippen MR) is 115 cm³/mol. The number of amides is 1. The van der Waals surface area contributed by atoms with E-state index in [1.54, 1.807) is 7.11 Å². The standard InChI is InChI=1S/C22H27N3O2S/c1-15-17(3)25(11-12-27-4)22(24-15)28-14-21(26)23-16(2)19-10-9-18-7-5-6-8-20(18)13-19/h5-10,13,16H,11-12,14H2,1-4H3,(H,23,26). The second-order valence-electron chi connectivity index (χ2n) is 6.89. The van der Waals surface area contributed by atoms with Crippen LogP contribution in [0.15, 0.2) is 47.6 Å². The van der Waals surface area contributed by atoms with Crippen LogP contribution in [0.25, 0.3) is 10.8 Å². The van der Waals surface area contributed by atoms with Crippen molar-refractivity contribution >= 4 is 28.4 Å². The summed E-state index contributed by atoms with van der Waals surface area (Å²) in [5.41, 5.74) is 3.21. The van der Waals surface area contributed by atoms with Gasteiger partial charge in [0.25, 0.3) is 0 Å². The van der Waals surface area contributed by atoms with E-state index in [1.807, 2.05) is 32.9 Å². The first-order chi connectivity index (χ1) is 13.5. The molecule has 1 atom stereocenters. The Balaban J connectivity index is 1.61. The van der Waals surface area contributed by atoms with Gasteiger partial charge in [-0.25, -0.2) is 4.98 Å². The van der Waals surface area contributed by atoms with Gasteiger partial charge in [0, 0.05) is 19.3 Å². The molecule has 28 heavy (non-hydrogen) atoms. The molecule has 0 spiro atoms. The van der Waals surface area contributed by atoms with Gasteiger partial charge in [-0.05, 0) is 43.2 Å². The fraction of sp³-hybridized carbons (Fsp3) is 0.364. The summed E-state index contributed by atoms with van der Waals surface area (Å²) >= 11 is 1.46. The summed E-state index contributed by atoms with van der Waals surface area (Å²) in [6, 6.07) is 14.5. The van der Waals surface area contributed by atoms with E-state index in [-0.39, 0.29) is 11.9 Å². The second-order valence-corrected chi connectivity index (χ2v) is 7.84. The van der Waals surface area contributed by atoms with Gasteiger partial charge < -0.3 is 14.6 Å². The molecule has 1 unspecified atom stereocenters. The molecule has 5 nitrogen and oxygen atoms in total. The summed E-state index contributed by atoms with van der Waals surface area (Å²) in [5, 5.41) is 6.34. The molecule has 1 N–H and O–H groups in total. The predicted octanol–water partition coefficient (Wildman–Crippen LogP) is 4.27.